The Morgan fingerprint density at radius 3 is 2.05 bits per heavy atom. The van der Waals surface area contributed by atoms with E-state index in [0.29, 0.717) is 17.1 Å². The molecule has 0 amide bonds. The Morgan fingerprint density at radius 1 is 0.860 bits per heavy atom. The molecule has 6 aromatic rings. The molecular formula is C39H26F3N7O6RuS. The largest absolute Gasteiger partial charge is 2.00 e. The van der Waals surface area contributed by atoms with Crippen LogP contribution in [0.5, 0.6) is 11.5 Å². The predicted octanol–water partition coefficient (Wildman–Crippen LogP) is 7.58. The zero-order chi connectivity index (χ0) is 40.5. The summed E-state index contributed by atoms with van der Waals surface area (Å²) in [4.78, 5) is 49.4. The average molecular weight is 879 g/mol. The summed E-state index contributed by atoms with van der Waals surface area (Å²) in [6.45, 7) is 4.84. The fourth-order valence-corrected chi connectivity index (χ4v) is 5.66. The Morgan fingerprint density at radius 2 is 1.47 bits per heavy atom. The molecule has 0 saturated carbocycles. The van der Waals surface area contributed by atoms with Crippen LogP contribution in [0.4, 0.5) is 13.2 Å². The van der Waals surface area contributed by atoms with Crippen molar-refractivity contribution in [3.05, 3.63) is 131 Å². The normalized spacial score (nSPS) is 12.1. The third-order valence-corrected chi connectivity index (χ3v) is 8.20. The van der Waals surface area contributed by atoms with Gasteiger partial charge in [-0.3, -0.25) is 24.5 Å². The van der Waals surface area contributed by atoms with Crippen molar-refractivity contribution in [2.45, 2.75) is 25.4 Å². The molecule has 0 aliphatic heterocycles. The first kappa shape index (κ1) is 43.1. The van der Waals surface area contributed by atoms with Crippen LogP contribution in [0.15, 0.2) is 97.5 Å². The van der Waals surface area contributed by atoms with Crippen molar-refractivity contribution in [2.24, 2.45) is 0 Å². The molecular weight excluding hydrogens is 853 g/mol. The molecule has 1 aliphatic rings. The Kier molecular flexibility index (Phi) is 14.2. The molecule has 1 aliphatic carbocycles. The van der Waals surface area contributed by atoms with Gasteiger partial charge in [0.05, 0.1) is 28.3 Å². The van der Waals surface area contributed by atoms with E-state index in [1.54, 1.807) is 12.3 Å². The molecule has 13 nitrogen and oxygen atoms in total. The summed E-state index contributed by atoms with van der Waals surface area (Å²) in [7, 11) is 0. The number of alkyl halides is 3. The van der Waals surface area contributed by atoms with Crippen LogP contribution in [-0.4, -0.2) is 54.2 Å². The molecule has 288 valence electrons. The Hall–Kier alpha value is -6.61. The van der Waals surface area contributed by atoms with Crippen molar-refractivity contribution in [3.63, 3.8) is 0 Å². The number of carboxylic acids is 1. The number of carbonyl (C=O) groups is 3. The van der Waals surface area contributed by atoms with Crippen LogP contribution in [0.2, 0.25) is 0 Å². The number of allylic oxidation sites excluding steroid dienone is 1. The number of halogens is 3. The van der Waals surface area contributed by atoms with Crippen molar-refractivity contribution in [1.82, 2.24) is 30.1 Å². The summed E-state index contributed by atoms with van der Waals surface area (Å²) in [6, 6.07) is 21.2. The van der Waals surface area contributed by atoms with E-state index in [1.807, 2.05) is 18.2 Å². The van der Waals surface area contributed by atoms with E-state index in [0.717, 1.165) is 17.2 Å². The number of ether oxygens (including phenoxy) is 2. The van der Waals surface area contributed by atoms with Gasteiger partial charge < -0.3 is 30.2 Å². The van der Waals surface area contributed by atoms with Crippen molar-refractivity contribution in [1.29, 1.82) is 0 Å². The minimum absolute atomic E-state index is 0. The molecule has 0 unspecified atom stereocenters. The van der Waals surface area contributed by atoms with Gasteiger partial charge in [-0.1, -0.05) is 62.1 Å². The summed E-state index contributed by atoms with van der Waals surface area (Å²) < 4.78 is 47.7. The molecule has 1 aromatic carbocycles. The second-order valence-electron chi connectivity index (χ2n) is 12.0. The molecule has 0 saturated heterocycles. The van der Waals surface area contributed by atoms with Crippen molar-refractivity contribution in [3.8, 4) is 45.7 Å². The number of hydrogen-bond donors (Lipinski definition) is 1. The topological polar surface area (TPSA) is 191 Å². The van der Waals surface area contributed by atoms with Crippen LogP contribution in [0.3, 0.4) is 0 Å². The van der Waals surface area contributed by atoms with Crippen LogP contribution in [-0.2, 0) is 40.7 Å². The van der Waals surface area contributed by atoms with E-state index in [1.165, 1.54) is 65.1 Å². The van der Waals surface area contributed by atoms with E-state index < -0.39 is 17.8 Å². The van der Waals surface area contributed by atoms with Gasteiger partial charge >= 0.3 is 31.6 Å². The number of carbonyl (C=O) groups excluding carboxylic acids is 2. The van der Waals surface area contributed by atoms with Crippen LogP contribution < -0.4 is 14.6 Å². The van der Waals surface area contributed by atoms with Gasteiger partial charge in [-0.05, 0) is 58.7 Å². The Labute approximate surface area is 340 Å². The fourth-order valence-electron chi connectivity index (χ4n) is 5.66. The molecule has 0 fully saturated rings. The summed E-state index contributed by atoms with van der Waals surface area (Å²) in [5.41, 5.74) is 5.03. The fraction of sp³-hybridized carbons (Fsp3) is 0.103. The molecule has 18 heteroatoms. The van der Waals surface area contributed by atoms with Gasteiger partial charge in [0.25, 0.3) is 12.9 Å². The van der Waals surface area contributed by atoms with Gasteiger partial charge in [-0.15, -0.1) is 0 Å². The first-order chi connectivity index (χ1) is 26.8. The number of carboxylic acid groups (broad SMARTS) is 1. The molecule has 57 heavy (non-hydrogen) atoms. The van der Waals surface area contributed by atoms with E-state index >= 15 is 0 Å². The van der Waals surface area contributed by atoms with Gasteiger partial charge in [0.2, 0.25) is 0 Å². The van der Waals surface area contributed by atoms with Crippen molar-refractivity contribution >= 4 is 47.9 Å². The zero-order valence-corrected chi connectivity index (χ0v) is 32.0. The maximum atomic E-state index is 12.7. The Bertz CT molecular complexity index is 2470. The molecule has 7 rings (SSSR count). The molecule has 1 N–H and O–H groups in total. The van der Waals surface area contributed by atoms with Crippen molar-refractivity contribution in [2.75, 3.05) is 0 Å². The van der Waals surface area contributed by atoms with Gasteiger partial charge in [-0.25, -0.2) is 9.78 Å². The summed E-state index contributed by atoms with van der Waals surface area (Å²) >= 11 is 3.70. The average Bonchev–Trinajstić information content (AvgIpc) is 3.79. The van der Waals surface area contributed by atoms with Gasteiger partial charge in [0, 0.05) is 47.9 Å². The molecule has 0 spiro atoms. The zero-order valence-electron chi connectivity index (χ0n) is 29.5. The molecule has 5 aromatic heterocycles. The van der Waals surface area contributed by atoms with E-state index in [2.05, 4.69) is 74.4 Å². The number of fused-ring (bicyclic) bond motifs is 1. The van der Waals surface area contributed by atoms with Gasteiger partial charge in [-0.2, -0.15) is 18.3 Å². The minimum atomic E-state index is -4.50. The SMILES string of the molecule is CC1(C)C(c2ccc(-c3cc(C(F)(F)F)n[n-]3)nc2)=Cc2ccccc21.O=COc1ccnc(-c2cc(OC=O)cc(-c3cc(C(=O)O)ccn3)n2)c1.[N-]=C=S.[Ru+2]. The Balaban J connectivity index is 0.000000233. The number of hydrogen-bond acceptors (Lipinski definition) is 11. The molecule has 0 atom stereocenters. The number of thiocarbonyl (C=S) groups is 1. The van der Waals surface area contributed by atoms with E-state index in [4.69, 9.17) is 20.0 Å². The molecule has 0 radical (unpaired) electrons. The second-order valence-corrected chi connectivity index (χ2v) is 12.2. The van der Waals surface area contributed by atoms with Crippen LogP contribution in [0, 0.1) is 0 Å². The third-order valence-electron chi connectivity index (χ3n) is 8.20. The first-order valence-electron chi connectivity index (χ1n) is 16.0. The molecule has 5 heterocycles. The van der Waals surface area contributed by atoms with Crippen molar-refractivity contribution < 1.29 is 61.6 Å². The minimum Gasteiger partial charge on any atom is -0.753 e. The number of nitrogens with zero attached hydrogens (tertiary/aromatic N) is 7. The monoisotopic (exact) mass is 879 g/mol. The smallest absolute Gasteiger partial charge is 0.753 e. The molecule has 0 bridgehead atoms. The quantitative estimate of drug-likeness (QED) is 0.0648. The van der Waals surface area contributed by atoms with Crippen LogP contribution in [0.25, 0.3) is 51.2 Å². The predicted molar refractivity (Wildman–Crippen MR) is 200 cm³/mol. The summed E-state index contributed by atoms with van der Waals surface area (Å²) in [5, 5.41) is 24.4. The van der Waals surface area contributed by atoms with E-state index in [9.17, 15) is 27.6 Å². The van der Waals surface area contributed by atoms with Crippen LogP contribution in [0.1, 0.15) is 46.6 Å². The second kappa shape index (κ2) is 18.8. The third kappa shape index (κ3) is 10.4. The number of aromatic nitrogens is 6. The maximum absolute atomic E-state index is 12.7. The number of aromatic carboxylic acids is 1. The summed E-state index contributed by atoms with van der Waals surface area (Å²) in [5.74, 6) is -0.693. The maximum Gasteiger partial charge on any atom is 2.00 e. The van der Waals surface area contributed by atoms with Crippen LogP contribution >= 0.6 is 12.2 Å². The standard InChI is InChI=1S/C20H15F3N3.C18H11N3O6.CNS.Ru/c1-19(2)14-6-4-3-5-12(14)9-15(19)13-7-8-16(24-11-13)17-10-18(26-25-17)20(21,22)23;22-9-26-12-2-4-20-15(6-12)17-8-13(27-10-23)7-16(21-17)14-5-11(18(24)25)1-3-19-14;2-1-3;/h3-11H,1-2H3;1-10H,(H,24,25);;/q-1;;-1;+2. The van der Waals surface area contributed by atoms with E-state index in [-0.39, 0.29) is 72.0 Å². The number of rotatable bonds is 9. The number of benzene rings is 1. The number of isothiocyanates is 1. The van der Waals surface area contributed by atoms with Gasteiger partial charge in [0.15, 0.2) is 0 Å². The summed E-state index contributed by atoms with van der Waals surface area (Å²) in [6.07, 6.45) is 2.07. The number of pyridine rings is 4. The first-order valence-corrected chi connectivity index (χ1v) is 16.5. The van der Waals surface area contributed by atoms with Gasteiger partial charge in [0.1, 0.15) is 17.2 Å².